The lowest BCUT2D eigenvalue weighted by Gasteiger charge is -2.14. The molecule has 1 aliphatic heterocycles. The van der Waals surface area contributed by atoms with E-state index in [0.29, 0.717) is 18.2 Å². The van der Waals surface area contributed by atoms with E-state index in [1.165, 1.54) is 0 Å². The normalized spacial score (nSPS) is 23.2. The quantitative estimate of drug-likeness (QED) is 0.833. The highest BCUT2D eigenvalue weighted by atomic mass is 16.5. The number of rotatable bonds is 4. The molecule has 1 saturated heterocycles. The molecule has 1 aliphatic rings. The molecular weight excluding hydrogens is 272 g/mol. The van der Waals surface area contributed by atoms with Gasteiger partial charge in [-0.25, -0.2) is 9.97 Å². The Morgan fingerprint density at radius 2 is 1.90 bits per heavy atom. The monoisotopic (exact) mass is 292 g/mol. The highest BCUT2D eigenvalue weighted by Crippen LogP contribution is 2.20. The van der Waals surface area contributed by atoms with Crippen LogP contribution in [0.4, 0.5) is 5.82 Å². The fraction of sp³-hybridized carbons (Fsp3) is 0.615. The summed E-state index contributed by atoms with van der Waals surface area (Å²) in [6.45, 7) is 2.20. The van der Waals surface area contributed by atoms with Gasteiger partial charge in [-0.3, -0.25) is 9.58 Å². The second-order valence-corrected chi connectivity index (χ2v) is 5.27. The standard InChI is InChI=1S/C13H20N6O2/c1-18-13-8(4-15-18)12(14)16-11(17-13)7-19-5-9(20-2)10(6-19)21-3/h4,9-10H,5-7H2,1-3H3,(H2,14,16,17). The highest BCUT2D eigenvalue weighted by molar-refractivity contribution is 5.84. The predicted molar refractivity (Wildman–Crippen MR) is 77.6 cm³/mol. The molecule has 0 bridgehead atoms. The predicted octanol–water partition coefficient (Wildman–Crippen LogP) is -0.209. The van der Waals surface area contributed by atoms with Crippen molar-refractivity contribution in [1.82, 2.24) is 24.6 Å². The number of fused-ring (bicyclic) bond motifs is 1. The molecule has 3 rings (SSSR count). The van der Waals surface area contributed by atoms with Crippen molar-refractivity contribution in [2.45, 2.75) is 18.8 Å². The van der Waals surface area contributed by atoms with E-state index < -0.39 is 0 Å². The van der Waals surface area contributed by atoms with E-state index in [9.17, 15) is 0 Å². The van der Waals surface area contributed by atoms with E-state index >= 15 is 0 Å². The summed E-state index contributed by atoms with van der Waals surface area (Å²) in [5.41, 5.74) is 6.73. The maximum Gasteiger partial charge on any atom is 0.163 e. The van der Waals surface area contributed by atoms with Crippen LogP contribution in [0, 0.1) is 0 Å². The van der Waals surface area contributed by atoms with Gasteiger partial charge in [0.15, 0.2) is 5.65 Å². The summed E-state index contributed by atoms with van der Waals surface area (Å²) in [7, 11) is 5.25. The van der Waals surface area contributed by atoms with Crippen molar-refractivity contribution in [2.75, 3.05) is 33.0 Å². The molecule has 21 heavy (non-hydrogen) atoms. The minimum absolute atomic E-state index is 0.0766. The third-order valence-electron chi connectivity index (χ3n) is 3.93. The van der Waals surface area contributed by atoms with Crippen LogP contribution in [0.15, 0.2) is 6.20 Å². The Labute approximate surface area is 122 Å². The minimum Gasteiger partial charge on any atom is -0.383 e. The Hall–Kier alpha value is -1.77. The zero-order chi connectivity index (χ0) is 15.0. The van der Waals surface area contributed by atoms with Crippen LogP contribution in [0.3, 0.4) is 0 Å². The molecule has 8 heteroatoms. The number of aryl methyl sites for hydroxylation is 1. The van der Waals surface area contributed by atoms with Gasteiger partial charge in [0.2, 0.25) is 0 Å². The Morgan fingerprint density at radius 3 is 2.52 bits per heavy atom. The van der Waals surface area contributed by atoms with Crippen LogP contribution in [0.5, 0.6) is 0 Å². The summed E-state index contributed by atoms with van der Waals surface area (Å²) in [6, 6.07) is 0. The van der Waals surface area contributed by atoms with Crippen molar-refractivity contribution in [3.8, 4) is 0 Å². The molecule has 0 spiro atoms. The van der Waals surface area contributed by atoms with Crippen molar-refractivity contribution in [3.63, 3.8) is 0 Å². The Morgan fingerprint density at radius 1 is 1.24 bits per heavy atom. The zero-order valence-corrected chi connectivity index (χ0v) is 12.5. The number of likely N-dealkylation sites (tertiary alicyclic amines) is 1. The van der Waals surface area contributed by atoms with Gasteiger partial charge < -0.3 is 15.2 Å². The highest BCUT2D eigenvalue weighted by Gasteiger charge is 2.33. The fourth-order valence-corrected chi connectivity index (χ4v) is 2.76. The number of nitrogens with two attached hydrogens (primary N) is 1. The number of ether oxygens (including phenoxy) is 2. The molecule has 2 atom stereocenters. The average Bonchev–Trinajstić information content (AvgIpc) is 3.03. The van der Waals surface area contributed by atoms with Gasteiger partial charge in [0, 0.05) is 34.4 Å². The Balaban J connectivity index is 1.81. The summed E-state index contributed by atoms with van der Waals surface area (Å²) in [5.74, 6) is 1.16. The first kappa shape index (κ1) is 14.2. The smallest absolute Gasteiger partial charge is 0.163 e. The van der Waals surface area contributed by atoms with E-state index in [4.69, 9.17) is 15.2 Å². The number of anilines is 1. The molecule has 0 aromatic carbocycles. The van der Waals surface area contributed by atoms with Crippen molar-refractivity contribution in [2.24, 2.45) is 7.05 Å². The summed E-state index contributed by atoms with van der Waals surface area (Å²) >= 11 is 0. The SMILES string of the molecule is COC1CN(Cc2nc(N)c3cnn(C)c3n2)CC1OC. The van der Waals surface area contributed by atoms with Gasteiger partial charge in [-0.05, 0) is 0 Å². The van der Waals surface area contributed by atoms with Gasteiger partial charge in [0.05, 0.1) is 30.3 Å². The second-order valence-electron chi connectivity index (χ2n) is 5.27. The summed E-state index contributed by atoms with van der Waals surface area (Å²) < 4.78 is 12.6. The first-order valence-corrected chi connectivity index (χ1v) is 6.84. The number of methoxy groups -OCH3 is 2. The summed E-state index contributed by atoms with van der Waals surface area (Å²) in [4.78, 5) is 11.1. The molecule has 0 saturated carbocycles. The van der Waals surface area contributed by atoms with Crippen LogP contribution in [0.1, 0.15) is 5.82 Å². The third-order valence-corrected chi connectivity index (χ3v) is 3.93. The van der Waals surface area contributed by atoms with Gasteiger partial charge in [-0.2, -0.15) is 5.10 Å². The molecule has 2 aromatic rings. The maximum absolute atomic E-state index is 5.98. The lowest BCUT2D eigenvalue weighted by molar-refractivity contribution is -0.00461. The summed E-state index contributed by atoms with van der Waals surface area (Å²) in [6.07, 6.45) is 1.84. The number of aromatic nitrogens is 4. The second kappa shape index (κ2) is 5.55. The molecule has 0 radical (unpaired) electrons. The van der Waals surface area contributed by atoms with Crippen LogP contribution in [-0.4, -0.2) is 64.2 Å². The molecule has 0 aliphatic carbocycles. The molecular formula is C13H20N6O2. The molecule has 3 heterocycles. The van der Waals surface area contributed by atoms with Crippen LogP contribution in [-0.2, 0) is 23.1 Å². The van der Waals surface area contributed by atoms with Crippen molar-refractivity contribution < 1.29 is 9.47 Å². The molecule has 1 fully saturated rings. The van der Waals surface area contributed by atoms with Gasteiger partial charge in [-0.15, -0.1) is 0 Å². The summed E-state index contributed by atoms with van der Waals surface area (Å²) in [5, 5.41) is 4.95. The largest absolute Gasteiger partial charge is 0.383 e. The molecule has 2 N–H and O–H groups in total. The van der Waals surface area contributed by atoms with Crippen molar-refractivity contribution in [3.05, 3.63) is 12.0 Å². The lowest BCUT2D eigenvalue weighted by Crippen LogP contribution is -2.27. The third kappa shape index (κ3) is 2.57. The minimum atomic E-state index is 0.0766. The average molecular weight is 292 g/mol. The first-order valence-electron chi connectivity index (χ1n) is 6.84. The molecule has 2 aromatic heterocycles. The lowest BCUT2D eigenvalue weighted by atomic mass is 10.3. The van der Waals surface area contributed by atoms with Gasteiger partial charge >= 0.3 is 0 Å². The van der Waals surface area contributed by atoms with Crippen LogP contribution in [0.25, 0.3) is 11.0 Å². The molecule has 8 nitrogen and oxygen atoms in total. The molecule has 0 amide bonds. The Bertz CT molecular complexity index is 631. The number of hydrogen-bond acceptors (Lipinski definition) is 7. The van der Waals surface area contributed by atoms with Gasteiger partial charge in [-0.1, -0.05) is 0 Å². The van der Waals surface area contributed by atoms with E-state index in [2.05, 4.69) is 20.0 Å². The van der Waals surface area contributed by atoms with E-state index in [1.54, 1.807) is 25.1 Å². The topological polar surface area (TPSA) is 91.3 Å². The molecule has 2 unspecified atom stereocenters. The maximum atomic E-state index is 5.98. The van der Waals surface area contributed by atoms with Crippen molar-refractivity contribution >= 4 is 16.9 Å². The van der Waals surface area contributed by atoms with Crippen LogP contribution < -0.4 is 5.73 Å². The first-order chi connectivity index (χ1) is 10.1. The van der Waals surface area contributed by atoms with E-state index in [1.807, 2.05) is 7.05 Å². The number of nitrogens with zero attached hydrogens (tertiary/aromatic N) is 5. The van der Waals surface area contributed by atoms with Crippen molar-refractivity contribution in [1.29, 1.82) is 0 Å². The van der Waals surface area contributed by atoms with E-state index in [0.717, 1.165) is 24.1 Å². The fourth-order valence-electron chi connectivity index (χ4n) is 2.76. The number of hydrogen-bond donors (Lipinski definition) is 1. The van der Waals surface area contributed by atoms with E-state index in [-0.39, 0.29) is 12.2 Å². The number of nitrogen functional groups attached to an aromatic ring is 1. The Kier molecular flexibility index (Phi) is 3.75. The molecule has 114 valence electrons. The van der Waals surface area contributed by atoms with Crippen LogP contribution in [0.2, 0.25) is 0 Å². The van der Waals surface area contributed by atoms with Crippen LogP contribution >= 0.6 is 0 Å². The van der Waals surface area contributed by atoms with Gasteiger partial charge in [0.25, 0.3) is 0 Å². The van der Waals surface area contributed by atoms with Gasteiger partial charge in [0.1, 0.15) is 11.6 Å². The zero-order valence-electron chi connectivity index (χ0n) is 12.5.